The van der Waals surface area contributed by atoms with Crippen molar-refractivity contribution in [3.8, 4) is 0 Å². The van der Waals surface area contributed by atoms with Gasteiger partial charge in [-0.05, 0) is 31.7 Å². The molecule has 1 amide bonds. The van der Waals surface area contributed by atoms with E-state index in [4.69, 9.17) is 10.8 Å². The van der Waals surface area contributed by atoms with Gasteiger partial charge in [-0.25, -0.2) is 0 Å². The van der Waals surface area contributed by atoms with Gasteiger partial charge < -0.3 is 15.7 Å². The Bertz CT molecular complexity index is 254. The van der Waals surface area contributed by atoms with Crippen molar-refractivity contribution >= 4 is 11.9 Å². The molecule has 0 radical (unpaired) electrons. The number of nitrogens with zero attached hydrogens (tertiary/aromatic N) is 1. The SMILES string of the molecule is CCN(CC(=O)O)C(=O)CC(CN)CC(C)C. The normalized spacial score (nSPS) is 12.5. The molecule has 0 fully saturated rings. The standard InChI is InChI=1S/C12H24N2O3/c1-4-14(8-12(16)17)11(15)6-10(7-13)5-9(2)3/h9-10H,4-8,13H2,1-3H3,(H,16,17). The second kappa shape index (κ2) is 8.06. The molecule has 0 rings (SSSR count). The lowest BCUT2D eigenvalue weighted by Crippen LogP contribution is -2.37. The van der Waals surface area contributed by atoms with Gasteiger partial charge in [0.15, 0.2) is 0 Å². The van der Waals surface area contributed by atoms with Gasteiger partial charge in [0.2, 0.25) is 5.91 Å². The Balaban J connectivity index is 4.31. The van der Waals surface area contributed by atoms with Crippen LogP contribution >= 0.6 is 0 Å². The van der Waals surface area contributed by atoms with E-state index in [2.05, 4.69) is 13.8 Å². The number of carbonyl (C=O) groups excluding carboxylic acids is 1. The molecule has 0 aliphatic rings. The number of aliphatic carboxylic acids is 1. The van der Waals surface area contributed by atoms with Crippen LogP contribution in [0.2, 0.25) is 0 Å². The zero-order valence-corrected chi connectivity index (χ0v) is 11.0. The number of amides is 1. The molecule has 17 heavy (non-hydrogen) atoms. The third-order valence-electron chi connectivity index (χ3n) is 2.66. The van der Waals surface area contributed by atoms with Gasteiger partial charge in [-0.3, -0.25) is 9.59 Å². The molecule has 0 heterocycles. The number of carbonyl (C=O) groups is 2. The number of carboxylic acid groups (broad SMARTS) is 1. The van der Waals surface area contributed by atoms with Crippen molar-refractivity contribution in [2.75, 3.05) is 19.6 Å². The number of hydrogen-bond acceptors (Lipinski definition) is 3. The molecule has 3 N–H and O–H groups in total. The molecule has 0 saturated heterocycles. The van der Waals surface area contributed by atoms with Gasteiger partial charge in [0.25, 0.3) is 0 Å². The van der Waals surface area contributed by atoms with Crippen molar-refractivity contribution in [2.24, 2.45) is 17.6 Å². The van der Waals surface area contributed by atoms with Crippen LogP contribution in [0.25, 0.3) is 0 Å². The number of hydrogen-bond donors (Lipinski definition) is 2. The second-order valence-corrected chi connectivity index (χ2v) is 4.74. The molecule has 0 aromatic heterocycles. The summed E-state index contributed by atoms with van der Waals surface area (Å²) in [6, 6.07) is 0. The van der Waals surface area contributed by atoms with E-state index < -0.39 is 5.97 Å². The molecule has 1 atom stereocenters. The van der Waals surface area contributed by atoms with Crippen LogP contribution in [-0.2, 0) is 9.59 Å². The van der Waals surface area contributed by atoms with E-state index in [-0.39, 0.29) is 18.4 Å². The third kappa shape index (κ3) is 6.94. The molecule has 100 valence electrons. The molecule has 0 aliphatic heterocycles. The van der Waals surface area contributed by atoms with E-state index in [9.17, 15) is 9.59 Å². The first kappa shape index (κ1) is 15.9. The topological polar surface area (TPSA) is 83.6 Å². The van der Waals surface area contributed by atoms with Crippen LogP contribution < -0.4 is 5.73 Å². The lowest BCUT2D eigenvalue weighted by molar-refractivity contribution is -0.144. The number of nitrogens with two attached hydrogens (primary N) is 1. The Morgan fingerprint density at radius 3 is 2.29 bits per heavy atom. The van der Waals surface area contributed by atoms with Crippen LogP contribution in [-0.4, -0.2) is 41.5 Å². The molecular weight excluding hydrogens is 220 g/mol. The largest absolute Gasteiger partial charge is 0.480 e. The maximum atomic E-state index is 11.9. The minimum absolute atomic E-state index is 0.119. The first-order chi connectivity index (χ1) is 7.90. The molecule has 5 nitrogen and oxygen atoms in total. The summed E-state index contributed by atoms with van der Waals surface area (Å²) in [5.74, 6) is -0.462. The quantitative estimate of drug-likeness (QED) is 0.665. The summed E-state index contributed by atoms with van der Waals surface area (Å²) in [6.07, 6.45) is 1.24. The van der Waals surface area contributed by atoms with E-state index in [1.54, 1.807) is 6.92 Å². The Kier molecular flexibility index (Phi) is 7.54. The first-order valence-electron chi connectivity index (χ1n) is 6.10. The van der Waals surface area contributed by atoms with Gasteiger partial charge in [0.1, 0.15) is 6.54 Å². The molecular formula is C12H24N2O3. The van der Waals surface area contributed by atoms with E-state index >= 15 is 0 Å². The molecule has 0 aliphatic carbocycles. The van der Waals surface area contributed by atoms with Crippen molar-refractivity contribution in [2.45, 2.75) is 33.6 Å². The molecule has 5 heteroatoms. The van der Waals surface area contributed by atoms with Crippen LogP contribution in [0.1, 0.15) is 33.6 Å². The highest BCUT2D eigenvalue weighted by Crippen LogP contribution is 2.15. The zero-order valence-electron chi connectivity index (χ0n) is 11.0. The van der Waals surface area contributed by atoms with Gasteiger partial charge >= 0.3 is 5.97 Å². The smallest absolute Gasteiger partial charge is 0.323 e. The average Bonchev–Trinajstić information content (AvgIpc) is 2.23. The highest BCUT2D eigenvalue weighted by Gasteiger charge is 2.19. The first-order valence-corrected chi connectivity index (χ1v) is 6.10. The number of rotatable bonds is 8. The number of likely N-dealkylation sites (N-methyl/N-ethyl adjacent to an activating group) is 1. The summed E-state index contributed by atoms with van der Waals surface area (Å²) in [5.41, 5.74) is 5.63. The lowest BCUT2D eigenvalue weighted by atomic mass is 9.94. The second-order valence-electron chi connectivity index (χ2n) is 4.74. The van der Waals surface area contributed by atoms with Crippen molar-refractivity contribution in [1.82, 2.24) is 4.90 Å². The van der Waals surface area contributed by atoms with Crippen LogP contribution in [0.15, 0.2) is 0 Å². The summed E-state index contributed by atoms with van der Waals surface area (Å²) in [4.78, 5) is 23.8. The monoisotopic (exact) mass is 244 g/mol. The summed E-state index contributed by atoms with van der Waals surface area (Å²) in [7, 11) is 0. The highest BCUT2D eigenvalue weighted by molar-refractivity contribution is 5.81. The van der Waals surface area contributed by atoms with E-state index in [1.807, 2.05) is 0 Å². The van der Waals surface area contributed by atoms with E-state index in [1.165, 1.54) is 4.90 Å². The van der Waals surface area contributed by atoms with Gasteiger partial charge in [-0.1, -0.05) is 13.8 Å². The molecule has 1 unspecified atom stereocenters. The Morgan fingerprint density at radius 2 is 1.94 bits per heavy atom. The van der Waals surface area contributed by atoms with E-state index in [0.717, 1.165) is 6.42 Å². The van der Waals surface area contributed by atoms with Crippen molar-refractivity contribution in [1.29, 1.82) is 0 Å². The highest BCUT2D eigenvalue weighted by atomic mass is 16.4. The van der Waals surface area contributed by atoms with Crippen molar-refractivity contribution in [3.63, 3.8) is 0 Å². The molecule has 0 saturated carbocycles. The fourth-order valence-electron chi connectivity index (χ4n) is 1.85. The minimum Gasteiger partial charge on any atom is -0.480 e. The summed E-state index contributed by atoms with van der Waals surface area (Å²) < 4.78 is 0. The Labute approximate surface area is 103 Å². The van der Waals surface area contributed by atoms with Gasteiger partial charge in [0.05, 0.1) is 0 Å². The Hall–Kier alpha value is -1.10. The van der Waals surface area contributed by atoms with Crippen molar-refractivity contribution < 1.29 is 14.7 Å². The minimum atomic E-state index is -0.978. The fraction of sp³-hybridized carbons (Fsp3) is 0.833. The zero-order chi connectivity index (χ0) is 13.4. The van der Waals surface area contributed by atoms with Crippen LogP contribution in [0, 0.1) is 11.8 Å². The number of carboxylic acids is 1. The molecule has 0 aromatic carbocycles. The third-order valence-corrected chi connectivity index (χ3v) is 2.66. The fourth-order valence-corrected chi connectivity index (χ4v) is 1.85. The summed E-state index contributed by atoms with van der Waals surface area (Å²) in [5, 5.41) is 8.68. The lowest BCUT2D eigenvalue weighted by Gasteiger charge is -2.22. The molecule has 0 spiro atoms. The van der Waals surface area contributed by atoms with Gasteiger partial charge in [0, 0.05) is 13.0 Å². The molecule has 0 aromatic rings. The van der Waals surface area contributed by atoms with Gasteiger partial charge in [-0.15, -0.1) is 0 Å². The Morgan fingerprint density at radius 1 is 1.35 bits per heavy atom. The van der Waals surface area contributed by atoms with Crippen molar-refractivity contribution in [3.05, 3.63) is 0 Å². The van der Waals surface area contributed by atoms with E-state index in [0.29, 0.717) is 25.4 Å². The summed E-state index contributed by atoms with van der Waals surface area (Å²) in [6.45, 7) is 6.61. The summed E-state index contributed by atoms with van der Waals surface area (Å²) >= 11 is 0. The van der Waals surface area contributed by atoms with Crippen LogP contribution in [0.4, 0.5) is 0 Å². The maximum absolute atomic E-state index is 11.9. The average molecular weight is 244 g/mol. The predicted octanol–water partition coefficient (Wildman–Crippen LogP) is 0.931. The van der Waals surface area contributed by atoms with Crippen LogP contribution in [0.3, 0.4) is 0 Å². The maximum Gasteiger partial charge on any atom is 0.323 e. The van der Waals surface area contributed by atoms with Gasteiger partial charge in [-0.2, -0.15) is 0 Å². The van der Waals surface area contributed by atoms with Crippen LogP contribution in [0.5, 0.6) is 0 Å². The molecule has 0 bridgehead atoms. The predicted molar refractivity (Wildman–Crippen MR) is 66.5 cm³/mol.